The number of para-hydroxylation sites is 2. The molecule has 25 heavy (non-hydrogen) atoms. The molecule has 0 aliphatic carbocycles. The van der Waals surface area contributed by atoms with Crippen LogP contribution in [0.4, 0.5) is 5.69 Å². The van der Waals surface area contributed by atoms with E-state index in [0.717, 1.165) is 4.90 Å². The van der Waals surface area contributed by atoms with Gasteiger partial charge in [0, 0.05) is 19.2 Å². The first-order chi connectivity index (χ1) is 12.1. The Morgan fingerprint density at radius 1 is 1.16 bits per heavy atom. The second-order valence-electron chi connectivity index (χ2n) is 5.39. The first kappa shape index (κ1) is 16.6. The van der Waals surface area contributed by atoms with Gasteiger partial charge in [0.1, 0.15) is 11.4 Å². The Hall–Kier alpha value is -3.22. The summed E-state index contributed by atoms with van der Waals surface area (Å²) in [6.07, 6.45) is 1.46. The van der Waals surface area contributed by atoms with Crippen LogP contribution >= 0.6 is 0 Å². The van der Waals surface area contributed by atoms with Crippen molar-refractivity contribution >= 4 is 23.4 Å². The Kier molecular flexibility index (Phi) is 4.74. The summed E-state index contributed by atoms with van der Waals surface area (Å²) >= 11 is 0. The fraction of sp³-hybridized carbons (Fsp3) is 0.222. The zero-order valence-corrected chi connectivity index (χ0v) is 13.7. The molecule has 0 radical (unpaired) electrons. The van der Waals surface area contributed by atoms with Gasteiger partial charge >= 0.3 is 0 Å². The van der Waals surface area contributed by atoms with E-state index >= 15 is 0 Å². The highest BCUT2D eigenvalue weighted by Gasteiger charge is 2.36. The van der Waals surface area contributed by atoms with E-state index < -0.39 is 11.8 Å². The van der Waals surface area contributed by atoms with Gasteiger partial charge in [-0.3, -0.25) is 24.3 Å². The highest BCUT2D eigenvalue weighted by molar-refractivity contribution is 6.20. The van der Waals surface area contributed by atoms with Crippen molar-refractivity contribution in [1.29, 1.82) is 0 Å². The lowest BCUT2D eigenvalue weighted by Gasteiger charge is -2.14. The average Bonchev–Trinajstić information content (AvgIpc) is 2.86. The number of aromatic nitrogens is 1. The molecule has 2 aromatic rings. The monoisotopic (exact) mass is 339 g/mol. The summed E-state index contributed by atoms with van der Waals surface area (Å²) in [6, 6.07) is 10.2. The minimum Gasteiger partial charge on any atom is -0.492 e. The summed E-state index contributed by atoms with van der Waals surface area (Å²) in [7, 11) is 0. The molecule has 2 heterocycles. The molecular formula is C18H17N3O4. The van der Waals surface area contributed by atoms with Gasteiger partial charge in [-0.1, -0.05) is 12.1 Å². The number of hydrogen-bond donors (Lipinski definition) is 1. The second-order valence-corrected chi connectivity index (χ2v) is 5.39. The predicted octanol–water partition coefficient (Wildman–Crippen LogP) is 2.11. The zero-order chi connectivity index (χ0) is 17.8. The number of benzene rings is 1. The van der Waals surface area contributed by atoms with Crippen molar-refractivity contribution in [3.05, 3.63) is 53.9 Å². The topological polar surface area (TPSA) is 88.6 Å². The predicted molar refractivity (Wildman–Crippen MR) is 90.5 cm³/mol. The van der Waals surface area contributed by atoms with E-state index in [9.17, 15) is 14.4 Å². The fourth-order valence-corrected chi connectivity index (χ4v) is 2.59. The number of nitrogens with one attached hydrogen (secondary N) is 1. The van der Waals surface area contributed by atoms with Crippen molar-refractivity contribution < 1.29 is 19.1 Å². The van der Waals surface area contributed by atoms with E-state index in [-0.39, 0.29) is 30.1 Å². The first-order valence-corrected chi connectivity index (χ1v) is 7.94. The molecule has 0 unspecified atom stereocenters. The molecule has 0 saturated heterocycles. The summed E-state index contributed by atoms with van der Waals surface area (Å²) in [4.78, 5) is 41.6. The molecular weight excluding hydrogens is 322 g/mol. The van der Waals surface area contributed by atoms with Gasteiger partial charge in [-0.2, -0.15) is 0 Å². The molecule has 1 N–H and O–H groups in total. The van der Waals surface area contributed by atoms with Gasteiger partial charge in [-0.15, -0.1) is 0 Å². The molecule has 0 spiro atoms. The SMILES string of the molecule is CCOc1ccccc1NC(=O)CCN1C(=O)c2cccnc2C1=O. The number of carbonyl (C=O) groups excluding carboxylic acids is 3. The van der Waals surface area contributed by atoms with Crippen molar-refractivity contribution in [3.8, 4) is 5.75 Å². The molecule has 0 bridgehead atoms. The number of nitrogens with zero attached hydrogens (tertiary/aromatic N) is 2. The molecule has 3 amide bonds. The Bertz CT molecular complexity index is 800. The second kappa shape index (κ2) is 7.12. The molecule has 7 heteroatoms. The number of rotatable bonds is 6. The Morgan fingerprint density at radius 3 is 2.72 bits per heavy atom. The fourth-order valence-electron chi connectivity index (χ4n) is 2.59. The third-order valence-electron chi connectivity index (χ3n) is 3.75. The van der Waals surface area contributed by atoms with Gasteiger partial charge in [-0.05, 0) is 31.2 Å². The molecule has 0 fully saturated rings. The summed E-state index contributed by atoms with van der Waals surface area (Å²) < 4.78 is 5.45. The van der Waals surface area contributed by atoms with Crippen molar-refractivity contribution in [2.24, 2.45) is 0 Å². The van der Waals surface area contributed by atoms with E-state index in [0.29, 0.717) is 18.0 Å². The quantitative estimate of drug-likeness (QED) is 0.814. The molecule has 1 aromatic heterocycles. The Morgan fingerprint density at radius 2 is 1.96 bits per heavy atom. The highest BCUT2D eigenvalue weighted by atomic mass is 16.5. The van der Waals surface area contributed by atoms with Crippen molar-refractivity contribution in [3.63, 3.8) is 0 Å². The molecule has 0 atom stereocenters. The van der Waals surface area contributed by atoms with Crippen LogP contribution in [0.15, 0.2) is 42.6 Å². The van der Waals surface area contributed by atoms with Crippen molar-refractivity contribution in [1.82, 2.24) is 9.88 Å². The number of pyridine rings is 1. The minimum atomic E-state index is -0.469. The number of fused-ring (bicyclic) bond motifs is 1. The van der Waals surface area contributed by atoms with Crippen molar-refractivity contribution in [2.75, 3.05) is 18.5 Å². The van der Waals surface area contributed by atoms with Crippen LogP contribution in [0, 0.1) is 0 Å². The maximum absolute atomic E-state index is 12.2. The van der Waals surface area contributed by atoms with Crippen LogP contribution in [-0.2, 0) is 4.79 Å². The molecule has 1 aromatic carbocycles. The smallest absolute Gasteiger partial charge is 0.280 e. The highest BCUT2D eigenvalue weighted by Crippen LogP contribution is 2.24. The van der Waals surface area contributed by atoms with E-state index in [1.54, 1.807) is 30.3 Å². The molecule has 3 rings (SSSR count). The summed E-state index contributed by atoms with van der Waals surface area (Å²) in [5.74, 6) is -0.626. The largest absolute Gasteiger partial charge is 0.492 e. The van der Waals surface area contributed by atoms with Crippen LogP contribution in [0.1, 0.15) is 34.2 Å². The molecule has 1 aliphatic rings. The molecule has 1 aliphatic heterocycles. The third-order valence-corrected chi connectivity index (χ3v) is 3.75. The third kappa shape index (κ3) is 3.35. The molecule has 7 nitrogen and oxygen atoms in total. The van der Waals surface area contributed by atoms with Gasteiger partial charge in [0.2, 0.25) is 5.91 Å². The van der Waals surface area contributed by atoms with Crippen LogP contribution in [0.5, 0.6) is 5.75 Å². The number of ether oxygens (including phenoxy) is 1. The van der Waals surface area contributed by atoms with Crippen molar-refractivity contribution in [2.45, 2.75) is 13.3 Å². The lowest BCUT2D eigenvalue weighted by molar-refractivity contribution is -0.116. The number of anilines is 1. The Balaban J connectivity index is 1.62. The Labute approximate surface area is 144 Å². The molecule has 128 valence electrons. The normalized spacial score (nSPS) is 12.9. The maximum atomic E-state index is 12.2. The van der Waals surface area contributed by atoms with Gasteiger partial charge < -0.3 is 10.1 Å². The maximum Gasteiger partial charge on any atom is 0.280 e. The summed E-state index contributed by atoms with van der Waals surface area (Å²) in [5, 5.41) is 2.74. The van der Waals surface area contributed by atoms with Crippen LogP contribution in [-0.4, -0.2) is 40.8 Å². The van der Waals surface area contributed by atoms with Crippen LogP contribution < -0.4 is 10.1 Å². The van der Waals surface area contributed by atoms with Crippen LogP contribution in [0.3, 0.4) is 0 Å². The summed E-state index contributed by atoms with van der Waals surface area (Å²) in [6.45, 7) is 2.33. The van der Waals surface area contributed by atoms with Gasteiger partial charge in [0.15, 0.2) is 0 Å². The lowest BCUT2D eigenvalue weighted by atomic mass is 10.2. The van der Waals surface area contributed by atoms with E-state index in [1.807, 2.05) is 13.0 Å². The number of imide groups is 1. The first-order valence-electron chi connectivity index (χ1n) is 7.94. The van der Waals surface area contributed by atoms with E-state index in [1.165, 1.54) is 6.20 Å². The van der Waals surface area contributed by atoms with Crippen LogP contribution in [0.25, 0.3) is 0 Å². The van der Waals surface area contributed by atoms with Gasteiger partial charge in [0.05, 0.1) is 17.9 Å². The number of amides is 3. The lowest BCUT2D eigenvalue weighted by Crippen LogP contribution is -2.33. The van der Waals surface area contributed by atoms with E-state index in [4.69, 9.17) is 4.74 Å². The minimum absolute atomic E-state index is 0.00331. The average molecular weight is 339 g/mol. The molecule has 0 saturated carbocycles. The number of hydrogen-bond acceptors (Lipinski definition) is 5. The standard InChI is InChI=1S/C18H17N3O4/c1-2-25-14-8-4-3-7-13(14)20-15(22)9-11-21-17(23)12-6-5-10-19-16(12)18(21)24/h3-8,10H,2,9,11H2,1H3,(H,20,22). The van der Waals surface area contributed by atoms with E-state index in [2.05, 4.69) is 10.3 Å². The zero-order valence-electron chi connectivity index (χ0n) is 13.7. The van der Waals surface area contributed by atoms with Gasteiger partial charge in [-0.25, -0.2) is 0 Å². The number of carbonyl (C=O) groups is 3. The summed E-state index contributed by atoms with van der Waals surface area (Å²) in [5.41, 5.74) is 0.961. The van der Waals surface area contributed by atoms with Gasteiger partial charge in [0.25, 0.3) is 11.8 Å². The van der Waals surface area contributed by atoms with Crippen LogP contribution in [0.2, 0.25) is 0 Å².